The molecule has 3 nitrogen and oxygen atoms in total. The van der Waals surface area contributed by atoms with Crippen LogP contribution in [0.5, 0.6) is 0 Å². The molecule has 1 atom stereocenters. The minimum Gasteiger partial charge on any atom is -0.368 e. The fourth-order valence-electron chi connectivity index (χ4n) is 0.201. The van der Waals surface area contributed by atoms with Crippen molar-refractivity contribution in [2.24, 2.45) is 11.5 Å². The van der Waals surface area contributed by atoms with Crippen molar-refractivity contribution >= 4 is 5.91 Å². The zero-order valence-electron chi connectivity index (χ0n) is 4.35. The lowest BCUT2D eigenvalue weighted by Gasteiger charge is -1.98. The summed E-state index contributed by atoms with van der Waals surface area (Å²) in [6, 6.07) is -0.458. The number of carbonyl (C=O) groups excluding carboxylic acids is 1. The average Bonchev–Trinajstić information content (AvgIpc) is 1.65. The van der Waals surface area contributed by atoms with Crippen molar-refractivity contribution in [1.82, 2.24) is 0 Å². The second kappa shape index (κ2) is 2.58. The van der Waals surface area contributed by atoms with Gasteiger partial charge in [-0.1, -0.05) is 6.92 Å². The van der Waals surface area contributed by atoms with E-state index < -0.39 is 11.9 Å². The molecule has 7 heavy (non-hydrogen) atoms. The van der Waals surface area contributed by atoms with Crippen molar-refractivity contribution in [2.75, 3.05) is 0 Å². The summed E-state index contributed by atoms with van der Waals surface area (Å²) in [5.74, 6) is -0.428. The highest BCUT2D eigenvalue weighted by atomic mass is 16.2. The van der Waals surface area contributed by atoms with Gasteiger partial charge in [0.2, 0.25) is 5.91 Å². The lowest BCUT2D eigenvalue weighted by Crippen LogP contribution is -2.35. The van der Waals surface area contributed by atoms with Gasteiger partial charge in [-0.25, -0.2) is 0 Å². The Labute approximate surface area is 42.7 Å². The van der Waals surface area contributed by atoms with E-state index in [-0.39, 0.29) is 0 Å². The van der Waals surface area contributed by atoms with Gasteiger partial charge in [-0.3, -0.25) is 4.79 Å². The number of hydrogen-bond donors (Lipinski definition) is 2. The maximum Gasteiger partial charge on any atom is 0.234 e. The Balaban J connectivity index is 3.34. The number of primary amides is 1. The molecule has 0 saturated heterocycles. The summed E-state index contributed by atoms with van der Waals surface area (Å²) in [6.45, 7) is 1.81. The molecule has 1 unspecified atom stereocenters. The molecule has 0 aliphatic heterocycles. The van der Waals surface area contributed by atoms with Crippen LogP contribution in [0.2, 0.25) is 0 Å². The van der Waals surface area contributed by atoms with Crippen LogP contribution in [0, 0.1) is 0 Å². The average molecular weight is 103 g/mol. The summed E-state index contributed by atoms with van der Waals surface area (Å²) in [5.41, 5.74) is 9.92. The Kier molecular flexibility index (Phi) is 2.37. The number of rotatable bonds is 2. The maximum absolute atomic E-state index is 10.0. The molecular formula is C4H10N2O. The summed E-state index contributed by atoms with van der Waals surface area (Å²) in [7, 11) is 0. The van der Waals surface area contributed by atoms with Crippen LogP contribution in [0.3, 0.4) is 0 Å². The van der Waals surface area contributed by atoms with Gasteiger partial charge >= 0.3 is 0 Å². The highest BCUT2D eigenvalue weighted by Gasteiger charge is 2.02. The van der Waals surface area contributed by atoms with Gasteiger partial charge in [0.05, 0.1) is 6.04 Å². The molecule has 0 aliphatic rings. The summed E-state index contributed by atoms with van der Waals surface area (Å²) >= 11 is 0. The summed E-state index contributed by atoms with van der Waals surface area (Å²) in [4.78, 5) is 10.0. The molecule has 0 rings (SSSR count). The summed E-state index contributed by atoms with van der Waals surface area (Å²) in [5, 5.41) is 0. The Morgan fingerprint density at radius 3 is 2.29 bits per heavy atom. The van der Waals surface area contributed by atoms with E-state index in [1.165, 1.54) is 0 Å². The minimum atomic E-state index is -0.458. The predicted octanol–water partition coefficient (Wildman–Crippen LogP) is -0.791. The number of carbonyl (C=O) groups is 1. The molecule has 0 fully saturated rings. The van der Waals surface area contributed by atoms with Gasteiger partial charge in [0, 0.05) is 0 Å². The van der Waals surface area contributed by atoms with Gasteiger partial charge in [-0.05, 0) is 6.42 Å². The highest BCUT2D eigenvalue weighted by molar-refractivity contribution is 5.79. The quantitative estimate of drug-likeness (QED) is 0.449. The van der Waals surface area contributed by atoms with Crippen molar-refractivity contribution in [3.8, 4) is 0 Å². The summed E-state index contributed by atoms with van der Waals surface area (Å²) < 4.78 is 0. The molecule has 0 saturated carbocycles. The van der Waals surface area contributed by atoms with Crippen LogP contribution in [0.4, 0.5) is 0 Å². The molecule has 0 heterocycles. The number of nitrogens with two attached hydrogens (primary N) is 2. The Bertz CT molecular complexity index is 72.1. The van der Waals surface area contributed by atoms with E-state index in [4.69, 9.17) is 11.5 Å². The van der Waals surface area contributed by atoms with Gasteiger partial charge in [0.25, 0.3) is 0 Å². The van der Waals surface area contributed by atoms with Crippen molar-refractivity contribution in [2.45, 2.75) is 19.4 Å². The number of amides is 1. The second-order valence-electron chi connectivity index (χ2n) is 1.42. The van der Waals surface area contributed by atoms with Crippen LogP contribution < -0.4 is 11.5 Å². The molecule has 0 aromatic rings. The van der Waals surface area contributed by atoms with E-state index in [2.05, 4.69) is 0 Å². The molecule has 0 aliphatic carbocycles. The third-order valence-corrected chi connectivity index (χ3v) is 0.805. The smallest absolute Gasteiger partial charge is 0.234 e. The summed E-state index contributed by atoms with van der Waals surface area (Å²) in [6.07, 6.45) is 0.620. The van der Waals surface area contributed by atoms with Crippen LogP contribution >= 0.6 is 0 Å². The predicted molar refractivity (Wildman–Crippen MR) is 27.5 cm³/mol. The Hall–Kier alpha value is -0.570. The molecule has 1 amide bonds. The molecule has 0 spiro atoms. The van der Waals surface area contributed by atoms with Crippen molar-refractivity contribution < 1.29 is 4.79 Å². The number of hydrogen-bond acceptors (Lipinski definition) is 2. The third kappa shape index (κ3) is 2.17. The first-order valence-corrected chi connectivity index (χ1v) is 2.23. The topological polar surface area (TPSA) is 69.1 Å². The molecule has 0 aromatic heterocycles. The molecule has 0 bridgehead atoms. The molecule has 4 N–H and O–H groups in total. The van der Waals surface area contributed by atoms with E-state index in [9.17, 15) is 4.79 Å². The molecule has 0 radical (unpaired) electrons. The van der Waals surface area contributed by atoms with Crippen molar-refractivity contribution in [3.63, 3.8) is 0 Å². The van der Waals surface area contributed by atoms with Gasteiger partial charge in [0.15, 0.2) is 0 Å². The lowest BCUT2D eigenvalue weighted by atomic mass is 10.4. The second-order valence-corrected chi connectivity index (χ2v) is 1.42. The molecule has 42 valence electrons. The normalized spacial score (nSPS) is 13.4. The van der Waals surface area contributed by atoms with Crippen LogP contribution in [0.1, 0.15) is 13.3 Å². The maximum atomic E-state index is 10.0. The minimum absolute atomic E-state index is 0.428. The zero-order chi connectivity index (χ0) is 5.86. The fraction of sp³-hybridized carbons (Fsp3) is 0.750. The first-order chi connectivity index (χ1) is 3.18. The van der Waals surface area contributed by atoms with Crippen LogP contribution in [0.15, 0.2) is 0 Å². The zero-order valence-corrected chi connectivity index (χ0v) is 4.35. The molecular weight excluding hydrogens is 93.0 g/mol. The SMILES string of the molecule is CCC(N)[13C](N)=O. The third-order valence-electron chi connectivity index (χ3n) is 0.805. The van der Waals surface area contributed by atoms with Crippen LogP contribution in [-0.2, 0) is 4.79 Å². The van der Waals surface area contributed by atoms with E-state index in [0.29, 0.717) is 6.42 Å². The van der Waals surface area contributed by atoms with E-state index in [1.54, 1.807) is 0 Å². The lowest BCUT2D eigenvalue weighted by molar-refractivity contribution is -0.119. The van der Waals surface area contributed by atoms with E-state index >= 15 is 0 Å². The monoisotopic (exact) mass is 103 g/mol. The van der Waals surface area contributed by atoms with Gasteiger partial charge < -0.3 is 11.5 Å². The van der Waals surface area contributed by atoms with Crippen molar-refractivity contribution in [1.29, 1.82) is 0 Å². The Morgan fingerprint density at radius 1 is 1.86 bits per heavy atom. The van der Waals surface area contributed by atoms with Gasteiger partial charge in [-0.2, -0.15) is 0 Å². The first kappa shape index (κ1) is 6.43. The fourth-order valence-corrected chi connectivity index (χ4v) is 0.201. The first-order valence-electron chi connectivity index (χ1n) is 2.23. The van der Waals surface area contributed by atoms with Crippen LogP contribution in [-0.4, -0.2) is 11.9 Å². The standard InChI is InChI=1S/C4H10N2O/c1-2-3(5)4(6)7/h3H,2,5H2,1H3,(H2,6,7)/i4+1. The van der Waals surface area contributed by atoms with E-state index in [1.807, 2.05) is 6.92 Å². The van der Waals surface area contributed by atoms with E-state index in [0.717, 1.165) is 0 Å². The van der Waals surface area contributed by atoms with Gasteiger partial charge in [-0.15, -0.1) is 0 Å². The molecule has 3 heteroatoms. The molecule has 0 aromatic carbocycles. The van der Waals surface area contributed by atoms with Gasteiger partial charge in [0.1, 0.15) is 0 Å². The Morgan fingerprint density at radius 2 is 2.29 bits per heavy atom. The van der Waals surface area contributed by atoms with Crippen molar-refractivity contribution in [3.05, 3.63) is 0 Å². The highest BCUT2D eigenvalue weighted by Crippen LogP contribution is 1.80. The largest absolute Gasteiger partial charge is 0.368 e. The van der Waals surface area contributed by atoms with Crippen LogP contribution in [0.25, 0.3) is 0 Å².